The molecule has 0 saturated heterocycles. The van der Waals surface area contributed by atoms with Crippen molar-refractivity contribution in [3.05, 3.63) is 65.2 Å². The van der Waals surface area contributed by atoms with Crippen LogP contribution in [0.2, 0.25) is 5.02 Å². The Morgan fingerprint density at radius 3 is 2.48 bits per heavy atom. The van der Waals surface area contributed by atoms with Gasteiger partial charge >= 0.3 is 0 Å². The van der Waals surface area contributed by atoms with E-state index in [2.05, 4.69) is 5.32 Å². The average molecular weight is 320 g/mol. The predicted octanol–water partition coefficient (Wildman–Crippen LogP) is 4.18. The van der Waals surface area contributed by atoms with Gasteiger partial charge in [-0.2, -0.15) is 0 Å². The number of nitrogens with one attached hydrogen (secondary N) is 1. The molecule has 1 amide bonds. The molecule has 0 aliphatic rings. The highest BCUT2D eigenvalue weighted by molar-refractivity contribution is 7.99. The van der Waals surface area contributed by atoms with E-state index in [0.29, 0.717) is 13.0 Å². The van der Waals surface area contributed by atoms with Crippen LogP contribution in [0, 0.1) is 0 Å². The summed E-state index contributed by atoms with van der Waals surface area (Å²) < 4.78 is 0. The molecule has 2 nitrogen and oxygen atoms in total. The van der Waals surface area contributed by atoms with Crippen LogP contribution in [0.25, 0.3) is 0 Å². The largest absolute Gasteiger partial charge is 0.356 e. The molecule has 4 heteroatoms. The van der Waals surface area contributed by atoms with Crippen molar-refractivity contribution in [2.75, 3.05) is 12.3 Å². The van der Waals surface area contributed by atoms with Crippen molar-refractivity contribution >= 4 is 29.3 Å². The Morgan fingerprint density at radius 2 is 1.76 bits per heavy atom. The lowest BCUT2D eigenvalue weighted by atomic mass is 10.1. The summed E-state index contributed by atoms with van der Waals surface area (Å²) in [6.45, 7) is 0.715. The lowest BCUT2D eigenvalue weighted by Gasteiger charge is -2.05. The minimum Gasteiger partial charge on any atom is -0.356 e. The van der Waals surface area contributed by atoms with Crippen molar-refractivity contribution in [2.24, 2.45) is 0 Å². The molecule has 1 N–H and O–H groups in total. The number of rotatable bonds is 7. The number of amides is 1. The number of carbonyl (C=O) groups excluding carboxylic acids is 1. The Balaban J connectivity index is 1.59. The zero-order chi connectivity index (χ0) is 14.9. The molecule has 0 fully saturated rings. The molecule has 0 aliphatic heterocycles. The van der Waals surface area contributed by atoms with Crippen LogP contribution in [0.4, 0.5) is 0 Å². The molecule has 0 unspecified atom stereocenters. The second kappa shape index (κ2) is 8.75. The first kappa shape index (κ1) is 15.9. The molecule has 21 heavy (non-hydrogen) atoms. The van der Waals surface area contributed by atoms with Gasteiger partial charge in [-0.15, -0.1) is 11.8 Å². The first-order valence-electron chi connectivity index (χ1n) is 6.93. The van der Waals surface area contributed by atoms with E-state index in [0.717, 1.165) is 22.8 Å². The minimum absolute atomic E-state index is 0.0812. The van der Waals surface area contributed by atoms with Gasteiger partial charge in [0.2, 0.25) is 5.91 Å². The molecule has 0 bridgehead atoms. The van der Waals surface area contributed by atoms with Crippen LogP contribution in [-0.4, -0.2) is 18.2 Å². The van der Waals surface area contributed by atoms with Gasteiger partial charge in [0.25, 0.3) is 0 Å². The minimum atomic E-state index is 0.0812. The maximum absolute atomic E-state index is 11.8. The second-order valence-corrected chi connectivity index (χ2v) is 6.27. The normalized spacial score (nSPS) is 10.3. The fraction of sp³-hybridized carbons (Fsp3) is 0.235. The van der Waals surface area contributed by atoms with Gasteiger partial charge in [-0.3, -0.25) is 4.79 Å². The molecule has 0 radical (unpaired) electrons. The molecule has 2 rings (SSSR count). The third-order valence-corrected chi connectivity index (χ3v) is 4.28. The van der Waals surface area contributed by atoms with Crippen molar-refractivity contribution in [1.82, 2.24) is 5.32 Å². The molecule has 2 aromatic rings. The van der Waals surface area contributed by atoms with E-state index in [1.165, 1.54) is 4.90 Å². The summed E-state index contributed by atoms with van der Waals surface area (Å²) in [5, 5.41) is 3.71. The molecule has 110 valence electrons. The average Bonchev–Trinajstić information content (AvgIpc) is 2.50. The molecule has 0 aromatic heterocycles. The van der Waals surface area contributed by atoms with Gasteiger partial charge in [0.15, 0.2) is 0 Å². The first-order chi connectivity index (χ1) is 10.2. The van der Waals surface area contributed by atoms with Crippen LogP contribution in [0.1, 0.15) is 12.0 Å². The van der Waals surface area contributed by atoms with E-state index in [9.17, 15) is 4.79 Å². The maximum Gasteiger partial charge on any atom is 0.224 e. The summed E-state index contributed by atoms with van der Waals surface area (Å²) in [6.07, 6.45) is 1.40. The standard InChI is InChI=1S/C17H18ClNOS/c18-15-7-9-16(10-8-15)21-12-4-11-19-17(20)13-14-5-2-1-3-6-14/h1-3,5-10H,4,11-13H2,(H,19,20). The highest BCUT2D eigenvalue weighted by atomic mass is 35.5. The zero-order valence-corrected chi connectivity index (χ0v) is 13.3. The number of hydrogen-bond donors (Lipinski definition) is 1. The SMILES string of the molecule is O=C(Cc1ccccc1)NCCCSc1ccc(Cl)cc1. The van der Waals surface area contributed by atoms with Gasteiger partial charge < -0.3 is 5.32 Å². The van der Waals surface area contributed by atoms with Crippen molar-refractivity contribution < 1.29 is 4.79 Å². The van der Waals surface area contributed by atoms with Crippen molar-refractivity contribution in [3.8, 4) is 0 Å². The van der Waals surface area contributed by atoms with E-state index in [4.69, 9.17) is 11.6 Å². The first-order valence-corrected chi connectivity index (χ1v) is 8.29. The summed E-state index contributed by atoms with van der Waals surface area (Å²) in [6, 6.07) is 17.6. The number of carbonyl (C=O) groups is 1. The molecule has 0 spiro atoms. The van der Waals surface area contributed by atoms with Crippen LogP contribution in [0.3, 0.4) is 0 Å². The molecule has 2 aromatic carbocycles. The topological polar surface area (TPSA) is 29.1 Å². The van der Waals surface area contributed by atoms with Crippen LogP contribution >= 0.6 is 23.4 Å². The maximum atomic E-state index is 11.8. The van der Waals surface area contributed by atoms with Crippen LogP contribution < -0.4 is 5.32 Å². The van der Waals surface area contributed by atoms with Crippen LogP contribution in [0.5, 0.6) is 0 Å². The number of thioether (sulfide) groups is 1. The molecule has 0 aliphatic carbocycles. The Kier molecular flexibility index (Phi) is 6.64. The van der Waals surface area contributed by atoms with Gasteiger partial charge in [-0.05, 0) is 42.0 Å². The van der Waals surface area contributed by atoms with E-state index < -0.39 is 0 Å². The van der Waals surface area contributed by atoms with E-state index in [-0.39, 0.29) is 5.91 Å². The van der Waals surface area contributed by atoms with Crippen LogP contribution in [0.15, 0.2) is 59.5 Å². The Bertz CT molecular complexity index is 557. The fourth-order valence-corrected chi connectivity index (χ4v) is 2.84. The summed E-state index contributed by atoms with van der Waals surface area (Å²) in [4.78, 5) is 13.0. The molecule has 0 saturated carbocycles. The van der Waals surface area contributed by atoms with Crippen molar-refractivity contribution in [1.29, 1.82) is 0 Å². The van der Waals surface area contributed by atoms with Crippen molar-refractivity contribution in [2.45, 2.75) is 17.7 Å². The van der Waals surface area contributed by atoms with Gasteiger partial charge in [0.1, 0.15) is 0 Å². The summed E-state index contributed by atoms with van der Waals surface area (Å²) in [7, 11) is 0. The van der Waals surface area contributed by atoms with E-state index >= 15 is 0 Å². The van der Waals surface area contributed by atoms with Crippen molar-refractivity contribution in [3.63, 3.8) is 0 Å². The quantitative estimate of drug-likeness (QED) is 0.612. The summed E-state index contributed by atoms with van der Waals surface area (Å²) in [5.74, 6) is 1.06. The van der Waals surface area contributed by atoms with Gasteiger partial charge in [-0.1, -0.05) is 41.9 Å². The second-order valence-electron chi connectivity index (χ2n) is 4.67. The number of halogens is 1. The molecule has 0 heterocycles. The Hall–Kier alpha value is -1.45. The third-order valence-electron chi connectivity index (χ3n) is 2.93. The molecular formula is C17H18ClNOS. The molecule has 0 atom stereocenters. The van der Waals surface area contributed by atoms with Gasteiger partial charge in [0.05, 0.1) is 6.42 Å². The zero-order valence-electron chi connectivity index (χ0n) is 11.7. The van der Waals surface area contributed by atoms with Gasteiger partial charge in [0, 0.05) is 16.5 Å². The smallest absolute Gasteiger partial charge is 0.224 e. The fourth-order valence-electron chi connectivity index (χ4n) is 1.86. The lowest BCUT2D eigenvalue weighted by molar-refractivity contribution is -0.120. The highest BCUT2D eigenvalue weighted by Gasteiger charge is 2.02. The highest BCUT2D eigenvalue weighted by Crippen LogP contribution is 2.20. The van der Waals surface area contributed by atoms with E-state index in [1.54, 1.807) is 11.8 Å². The van der Waals surface area contributed by atoms with Crippen LogP contribution in [-0.2, 0) is 11.2 Å². The summed E-state index contributed by atoms with van der Waals surface area (Å²) >= 11 is 7.61. The Labute approximate surface area is 134 Å². The van der Waals surface area contributed by atoms with E-state index in [1.807, 2.05) is 54.6 Å². The Morgan fingerprint density at radius 1 is 1.05 bits per heavy atom. The molecular weight excluding hydrogens is 302 g/mol. The third kappa shape index (κ3) is 6.23. The van der Waals surface area contributed by atoms with Gasteiger partial charge in [-0.25, -0.2) is 0 Å². The number of hydrogen-bond acceptors (Lipinski definition) is 2. The lowest BCUT2D eigenvalue weighted by Crippen LogP contribution is -2.26. The predicted molar refractivity (Wildman–Crippen MR) is 89.9 cm³/mol. The summed E-state index contributed by atoms with van der Waals surface area (Å²) in [5.41, 5.74) is 1.05. The number of benzene rings is 2. The monoisotopic (exact) mass is 319 g/mol.